The molecule has 2 aromatic rings. The predicted octanol–water partition coefficient (Wildman–Crippen LogP) is 4.78. The summed E-state index contributed by atoms with van der Waals surface area (Å²) >= 11 is 0. The molecule has 0 aliphatic heterocycles. The lowest BCUT2D eigenvalue weighted by molar-refractivity contribution is 0.767. The second kappa shape index (κ2) is 13.5. The van der Waals surface area contributed by atoms with Crippen molar-refractivity contribution in [2.75, 3.05) is 0 Å². The van der Waals surface area contributed by atoms with E-state index < -0.39 is 0 Å². The molecule has 2 rings (SSSR count). The average molecular weight is 248 g/mol. The Labute approximate surface area is 113 Å². The van der Waals surface area contributed by atoms with Crippen molar-refractivity contribution in [1.82, 2.24) is 9.78 Å². The summed E-state index contributed by atoms with van der Waals surface area (Å²) in [6.07, 6.45) is 3.81. The summed E-state index contributed by atoms with van der Waals surface area (Å²) in [5.74, 6) is 0. The van der Waals surface area contributed by atoms with Crippen LogP contribution < -0.4 is 0 Å². The fraction of sp³-hybridized carbons (Fsp3) is 0.438. The van der Waals surface area contributed by atoms with Crippen molar-refractivity contribution in [3.8, 4) is 0 Å². The Kier molecular flexibility index (Phi) is 14.1. The van der Waals surface area contributed by atoms with Crippen molar-refractivity contribution in [3.05, 3.63) is 53.9 Å². The van der Waals surface area contributed by atoms with E-state index in [4.69, 9.17) is 0 Å². The number of hydrogen-bond donors (Lipinski definition) is 0. The molecule has 0 N–H and O–H groups in total. The third-order valence-corrected chi connectivity index (χ3v) is 1.77. The summed E-state index contributed by atoms with van der Waals surface area (Å²) in [6.45, 7) is 12.1. The van der Waals surface area contributed by atoms with Crippen LogP contribution in [0.15, 0.2) is 42.7 Å². The Bertz CT molecular complexity index is 347. The van der Waals surface area contributed by atoms with E-state index >= 15 is 0 Å². The minimum Gasteiger partial charge on any atom is -0.276 e. The van der Waals surface area contributed by atoms with Crippen molar-refractivity contribution in [3.63, 3.8) is 0 Å². The van der Waals surface area contributed by atoms with E-state index in [2.05, 4.69) is 24.2 Å². The third-order valence-electron chi connectivity index (χ3n) is 1.77. The summed E-state index contributed by atoms with van der Waals surface area (Å²) in [7, 11) is 1.91. The van der Waals surface area contributed by atoms with E-state index in [1.807, 2.05) is 72.3 Å². The minimum absolute atomic E-state index is 1.21. The smallest absolute Gasteiger partial charge is 0.0518 e. The van der Waals surface area contributed by atoms with Gasteiger partial charge in [0.15, 0.2) is 0 Å². The predicted molar refractivity (Wildman–Crippen MR) is 81.8 cm³/mol. The monoisotopic (exact) mass is 248 g/mol. The molecule has 0 aliphatic rings. The first kappa shape index (κ1) is 18.8. The maximum absolute atomic E-state index is 3.93. The normalized spacial score (nSPS) is 7.72. The van der Waals surface area contributed by atoms with Gasteiger partial charge in [0.2, 0.25) is 0 Å². The van der Waals surface area contributed by atoms with E-state index in [0.29, 0.717) is 0 Å². The van der Waals surface area contributed by atoms with Crippen molar-refractivity contribution >= 4 is 0 Å². The lowest BCUT2D eigenvalue weighted by Gasteiger charge is -1.82. The van der Waals surface area contributed by atoms with E-state index in [1.54, 1.807) is 4.68 Å². The number of aromatic nitrogens is 2. The first-order chi connectivity index (χ1) is 8.68. The van der Waals surface area contributed by atoms with Gasteiger partial charge in [-0.15, -0.1) is 0 Å². The summed E-state index contributed by atoms with van der Waals surface area (Å²) < 4.78 is 1.79. The molecule has 0 spiro atoms. The van der Waals surface area contributed by atoms with Gasteiger partial charge in [-0.05, 0) is 19.4 Å². The van der Waals surface area contributed by atoms with E-state index in [-0.39, 0.29) is 0 Å². The number of nitrogens with zero attached hydrogens (tertiary/aromatic N) is 2. The topological polar surface area (TPSA) is 17.8 Å². The van der Waals surface area contributed by atoms with Crippen LogP contribution in [-0.4, -0.2) is 9.78 Å². The van der Waals surface area contributed by atoms with Crippen LogP contribution in [0.3, 0.4) is 0 Å². The molecule has 2 heteroatoms. The first-order valence-electron chi connectivity index (χ1n) is 6.65. The van der Waals surface area contributed by atoms with Gasteiger partial charge in [-0.3, -0.25) is 4.68 Å². The highest BCUT2D eigenvalue weighted by molar-refractivity contribution is 5.11. The fourth-order valence-electron chi connectivity index (χ4n) is 1.08. The van der Waals surface area contributed by atoms with Crippen molar-refractivity contribution in [2.24, 2.45) is 7.05 Å². The highest BCUT2D eigenvalue weighted by Crippen LogP contribution is 1.92. The first-order valence-corrected chi connectivity index (χ1v) is 6.65. The fourth-order valence-corrected chi connectivity index (χ4v) is 1.08. The van der Waals surface area contributed by atoms with Crippen LogP contribution in [0.4, 0.5) is 0 Å². The largest absolute Gasteiger partial charge is 0.276 e. The highest BCUT2D eigenvalue weighted by atomic mass is 15.2. The van der Waals surface area contributed by atoms with E-state index in [9.17, 15) is 0 Å². The van der Waals surface area contributed by atoms with E-state index in [1.165, 1.54) is 11.1 Å². The molecule has 0 aliphatic carbocycles. The standard InChI is InChI=1S/C7H8.C5H8N2.2C2H6/c1-7-5-3-2-4-6-7;1-5-3-6-7(2)4-5;2*1-2/h2-6H,1H3;3-4H,1-2H3;2*1-2H3. The molecule has 2 nitrogen and oxygen atoms in total. The molecule has 1 aromatic carbocycles. The Balaban J connectivity index is 0. The van der Waals surface area contributed by atoms with Gasteiger partial charge in [-0.2, -0.15) is 5.10 Å². The highest BCUT2D eigenvalue weighted by Gasteiger charge is 1.81. The van der Waals surface area contributed by atoms with Gasteiger partial charge in [0.05, 0.1) is 6.20 Å². The molecule has 0 atom stereocenters. The molecule has 0 bridgehead atoms. The Morgan fingerprint density at radius 3 is 1.50 bits per heavy atom. The van der Waals surface area contributed by atoms with Crippen LogP contribution in [0.25, 0.3) is 0 Å². The molecular weight excluding hydrogens is 220 g/mol. The zero-order valence-corrected chi connectivity index (χ0v) is 12.9. The van der Waals surface area contributed by atoms with E-state index in [0.717, 1.165) is 0 Å². The van der Waals surface area contributed by atoms with Gasteiger partial charge >= 0.3 is 0 Å². The Morgan fingerprint density at radius 2 is 1.33 bits per heavy atom. The zero-order chi connectivity index (χ0) is 14.4. The van der Waals surface area contributed by atoms with Crippen LogP contribution in [0, 0.1) is 13.8 Å². The van der Waals surface area contributed by atoms with Crippen LogP contribution in [0.5, 0.6) is 0 Å². The number of rotatable bonds is 0. The van der Waals surface area contributed by atoms with Crippen LogP contribution in [0.2, 0.25) is 0 Å². The molecule has 0 saturated carbocycles. The van der Waals surface area contributed by atoms with Gasteiger partial charge in [-0.1, -0.05) is 63.6 Å². The molecular formula is C16H28N2. The molecule has 102 valence electrons. The molecule has 1 aromatic heterocycles. The molecule has 0 unspecified atom stereocenters. The molecule has 0 amide bonds. The van der Waals surface area contributed by atoms with Crippen molar-refractivity contribution in [2.45, 2.75) is 41.5 Å². The van der Waals surface area contributed by atoms with Crippen molar-refractivity contribution < 1.29 is 0 Å². The summed E-state index contributed by atoms with van der Waals surface area (Å²) in [6, 6.07) is 10.3. The van der Waals surface area contributed by atoms with Crippen LogP contribution >= 0.6 is 0 Å². The lowest BCUT2D eigenvalue weighted by atomic mass is 10.2. The number of hydrogen-bond acceptors (Lipinski definition) is 1. The molecule has 0 radical (unpaired) electrons. The third kappa shape index (κ3) is 10.9. The van der Waals surface area contributed by atoms with Crippen LogP contribution in [-0.2, 0) is 7.05 Å². The van der Waals surface area contributed by atoms with Gasteiger partial charge < -0.3 is 0 Å². The Hall–Kier alpha value is -1.57. The molecule has 0 saturated heterocycles. The molecule has 1 heterocycles. The molecule has 0 fully saturated rings. The summed E-state index contributed by atoms with van der Waals surface area (Å²) in [5, 5.41) is 3.93. The molecule has 18 heavy (non-hydrogen) atoms. The quantitative estimate of drug-likeness (QED) is 0.656. The maximum atomic E-state index is 3.93. The second-order valence-electron chi connectivity index (χ2n) is 3.35. The second-order valence-corrected chi connectivity index (χ2v) is 3.35. The SMILES string of the molecule is CC.CC.Cc1ccccc1.Cc1cnn(C)c1. The maximum Gasteiger partial charge on any atom is 0.0518 e. The lowest BCUT2D eigenvalue weighted by Crippen LogP contribution is -1.83. The average Bonchev–Trinajstić information content (AvgIpc) is 2.80. The zero-order valence-electron chi connectivity index (χ0n) is 12.9. The van der Waals surface area contributed by atoms with Gasteiger partial charge in [0.1, 0.15) is 0 Å². The number of benzene rings is 1. The summed E-state index contributed by atoms with van der Waals surface area (Å²) in [5.41, 5.74) is 2.53. The number of aryl methyl sites for hydroxylation is 3. The minimum atomic E-state index is 1.21. The summed E-state index contributed by atoms with van der Waals surface area (Å²) in [4.78, 5) is 0. The van der Waals surface area contributed by atoms with Gasteiger partial charge in [0, 0.05) is 13.2 Å². The van der Waals surface area contributed by atoms with Crippen LogP contribution in [0.1, 0.15) is 38.8 Å². The Morgan fingerprint density at radius 1 is 0.833 bits per heavy atom. The van der Waals surface area contributed by atoms with Gasteiger partial charge in [0.25, 0.3) is 0 Å². The van der Waals surface area contributed by atoms with Gasteiger partial charge in [-0.25, -0.2) is 0 Å². The van der Waals surface area contributed by atoms with Crippen molar-refractivity contribution in [1.29, 1.82) is 0 Å².